The van der Waals surface area contributed by atoms with E-state index >= 15 is 0 Å². The van der Waals surface area contributed by atoms with Crippen LogP contribution < -0.4 is 5.32 Å². The summed E-state index contributed by atoms with van der Waals surface area (Å²) < 4.78 is 20.4. The topological polar surface area (TPSA) is 171 Å². The van der Waals surface area contributed by atoms with E-state index in [1.807, 2.05) is 44.2 Å². The number of aliphatic hydroxyl groups excluding tert-OH is 1. The third-order valence-corrected chi connectivity index (χ3v) is 7.46. The number of Topliss-reactive ketones (excluding diaryl/α,β-unsaturated/α-hetero) is 1. The van der Waals surface area contributed by atoms with Crippen molar-refractivity contribution in [3.63, 3.8) is 0 Å². The molecule has 3 N–H and O–H groups in total. The first-order valence-electron chi connectivity index (χ1n) is 13.8. The number of methoxy groups -OCH3 is 1. The molecular weight excluding hydrogens is 547 g/mol. The molecule has 0 spiro atoms. The summed E-state index contributed by atoms with van der Waals surface area (Å²) in [7, 11) is 1.14. The fraction of sp³-hybridized carbons (Fsp3) is 0.448. The molecule has 5 atom stereocenters. The predicted molar refractivity (Wildman–Crippen MR) is 150 cm³/mol. The number of pyridine rings is 1. The standard InChI is InChI=1S/C29H35BN2O10/c1-17(2)13-20(30-40-25(36)16-29(42-30,28(38)41-30)15-24(35)39-4)14-23(34)26(18(3)33)32-27(37)22-12-8-11-21(31-22)19-9-6-5-7-10-19/h5-12,17-18,20,26,33,40H,13-16H2,1-4H3,(H,32,37)/t18-,20-,26+,29-,30?/m1/s1. The average Bonchev–Trinajstić information content (AvgIpc) is 3.15. The average molecular weight is 582 g/mol. The van der Waals surface area contributed by atoms with Gasteiger partial charge < -0.3 is 29.1 Å². The van der Waals surface area contributed by atoms with Crippen LogP contribution in [0.4, 0.5) is 0 Å². The van der Waals surface area contributed by atoms with Gasteiger partial charge in [-0.2, -0.15) is 0 Å². The number of ketones is 1. The zero-order valence-corrected chi connectivity index (χ0v) is 23.9. The Bertz CT molecular complexity index is 1370. The molecule has 0 radical (unpaired) electrons. The van der Waals surface area contributed by atoms with Gasteiger partial charge in [-0.15, -0.1) is 0 Å². The lowest BCUT2D eigenvalue weighted by Gasteiger charge is -2.43. The minimum Gasteiger partial charge on any atom is -0.718 e. The Morgan fingerprint density at radius 3 is 2.48 bits per heavy atom. The molecule has 42 heavy (non-hydrogen) atoms. The van der Waals surface area contributed by atoms with Crippen LogP contribution in [0.15, 0.2) is 48.5 Å². The molecular formula is C29H35BN2O10. The maximum Gasteiger partial charge on any atom is 0.576 e. The molecule has 2 aliphatic heterocycles. The number of hydrogen-bond acceptors (Lipinski definition) is 10. The van der Waals surface area contributed by atoms with Gasteiger partial charge in [-0.3, -0.25) is 19.2 Å². The first kappa shape index (κ1) is 30.9. The summed E-state index contributed by atoms with van der Waals surface area (Å²) in [5.74, 6) is -4.59. The Morgan fingerprint density at radius 2 is 1.83 bits per heavy atom. The molecule has 3 heterocycles. The number of nitrogens with one attached hydrogen (secondary N) is 1. The molecule has 4 rings (SSSR count). The number of nitrogens with zero attached hydrogens (tertiary/aromatic N) is 1. The molecule has 2 fully saturated rings. The minimum absolute atomic E-state index is 0.0462. The number of amides is 1. The molecule has 2 aliphatic rings. The van der Waals surface area contributed by atoms with Gasteiger partial charge in [-0.25, -0.2) is 4.98 Å². The van der Waals surface area contributed by atoms with E-state index in [1.165, 1.54) is 13.0 Å². The van der Waals surface area contributed by atoms with Gasteiger partial charge in [-0.05, 0) is 37.2 Å². The Labute approximate surface area is 243 Å². The van der Waals surface area contributed by atoms with Crippen molar-refractivity contribution < 1.29 is 47.8 Å². The molecule has 1 unspecified atom stereocenters. The lowest BCUT2D eigenvalue weighted by molar-refractivity contribution is -0.171. The second-order valence-electron chi connectivity index (χ2n) is 11.2. The maximum absolute atomic E-state index is 13.6. The molecule has 224 valence electrons. The molecule has 0 saturated carbocycles. The number of carbonyl (C=O) groups excluding carboxylic acids is 4. The highest BCUT2D eigenvalue weighted by molar-refractivity contribution is 6.67. The molecule has 12 nitrogen and oxygen atoms in total. The largest absolute Gasteiger partial charge is 0.718 e. The van der Waals surface area contributed by atoms with Crippen LogP contribution >= 0.6 is 0 Å². The highest BCUT2D eigenvalue weighted by Crippen LogP contribution is 2.47. The van der Waals surface area contributed by atoms with Crippen molar-refractivity contribution in [3.05, 3.63) is 54.2 Å². The Kier molecular flexibility index (Phi) is 9.12. The van der Waals surface area contributed by atoms with Gasteiger partial charge in [-0.1, -0.05) is 56.7 Å². The zero-order valence-electron chi connectivity index (χ0n) is 23.9. The maximum atomic E-state index is 13.6. The third kappa shape index (κ3) is 6.52. The van der Waals surface area contributed by atoms with Crippen LogP contribution in [0.2, 0.25) is 5.82 Å². The normalized spacial score (nSPS) is 23.4. The summed E-state index contributed by atoms with van der Waals surface area (Å²) in [6, 6.07) is 12.8. The predicted octanol–water partition coefficient (Wildman–Crippen LogP) is 1.88. The van der Waals surface area contributed by atoms with Gasteiger partial charge in [0.2, 0.25) is 0 Å². The second kappa shape index (κ2) is 12.4. The van der Waals surface area contributed by atoms with Crippen LogP contribution in [0.3, 0.4) is 0 Å². The quantitative estimate of drug-likeness (QED) is 0.214. The number of rotatable bonds is 12. The molecule has 2 bridgehead atoms. The van der Waals surface area contributed by atoms with Crippen molar-refractivity contribution >= 4 is 36.4 Å². The number of benzene rings is 1. The van der Waals surface area contributed by atoms with Crippen LogP contribution in [0.1, 0.15) is 56.9 Å². The lowest BCUT2D eigenvalue weighted by atomic mass is 9.57. The number of aliphatic carboxylic acids is 1. The Hall–Kier alpha value is -4.10. The molecule has 1 aromatic carbocycles. The smallest absolute Gasteiger partial charge is 0.576 e. The van der Waals surface area contributed by atoms with Gasteiger partial charge in [0.15, 0.2) is 11.4 Å². The third-order valence-electron chi connectivity index (χ3n) is 7.46. The molecule has 0 aliphatic carbocycles. The van der Waals surface area contributed by atoms with Gasteiger partial charge in [0.05, 0.1) is 25.3 Å². The van der Waals surface area contributed by atoms with E-state index < -0.39 is 72.8 Å². The van der Waals surface area contributed by atoms with Gasteiger partial charge in [0, 0.05) is 10.4 Å². The van der Waals surface area contributed by atoms with E-state index in [9.17, 15) is 29.1 Å². The fourth-order valence-electron chi connectivity index (χ4n) is 5.50. The van der Waals surface area contributed by atoms with E-state index in [0.29, 0.717) is 5.69 Å². The number of aromatic nitrogens is 1. The highest BCUT2D eigenvalue weighted by Gasteiger charge is 2.68. The van der Waals surface area contributed by atoms with E-state index in [0.717, 1.165) is 12.7 Å². The van der Waals surface area contributed by atoms with Crippen LogP contribution in [0.25, 0.3) is 11.3 Å². The first-order valence-corrected chi connectivity index (χ1v) is 13.8. The van der Waals surface area contributed by atoms with Crippen molar-refractivity contribution in [2.45, 2.75) is 70.0 Å². The van der Waals surface area contributed by atoms with Crippen molar-refractivity contribution in [3.8, 4) is 11.3 Å². The van der Waals surface area contributed by atoms with Crippen molar-refractivity contribution in [1.29, 1.82) is 0 Å². The number of ether oxygens (including phenoxy) is 1. The number of aliphatic hydroxyl groups is 1. The SMILES string of the molecule is COC(=O)C[C@@]12CC(=O)[OH+][B-]([C@@H](CC(=O)[C@@H](NC(=O)c3cccc(-c4ccccc4)n3)[C@@H](C)O)CC(C)C)(OC1=O)O2. The number of esters is 1. The second-order valence-corrected chi connectivity index (χ2v) is 11.2. The first-order chi connectivity index (χ1) is 19.9. The van der Waals surface area contributed by atoms with Crippen LogP contribution in [-0.4, -0.2) is 76.0 Å². The summed E-state index contributed by atoms with van der Waals surface area (Å²) in [6.07, 6.45) is -2.42. The number of fused-ring (bicyclic) bond motifs is 2. The monoisotopic (exact) mass is 582 g/mol. The number of carbonyl (C=O) groups is 5. The molecule has 1 amide bonds. The summed E-state index contributed by atoms with van der Waals surface area (Å²) in [5, 5.41) is 13.1. The van der Waals surface area contributed by atoms with Crippen molar-refractivity contribution in [2.75, 3.05) is 7.11 Å². The van der Waals surface area contributed by atoms with E-state index in [2.05, 4.69) is 19.7 Å². The summed E-state index contributed by atoms with van der Waals surface area (Å²) >= 11 is 0. The van der Waals surface area contributed by atoms with Gasteiger partial charge >= 0.3 is 18.7 Å². The summed E-state index contributed by atoms with van der Waals surface area (Å²) in [5.41, 5.74) is -0.489. The fourth-order valence-corrected chi connectivity index (χ4v) is 5.50. The summed E-state index contributed by atoms with van der Waals surface area (Å²) in [4.78, 5) is 68.9. The Balaban J connectivity index is 1.56. The minimum atomic E-state index is -3.00. The van der Waals surface area contributed by atoms with E-state index in [4.69, 9.17) is 9.31 Å². The Morgan fingerprint density at radius 1 is 1.12 bits per heavy atom. The van der Waals surface area contributed by atoms with Crippen LogP contribution in [0.5, 0.6) is 0 Å². The van der Waals surface area contributed by atoms with Crippen LogP contribution in [-0.2, 0) is 33.2 Å². The lowest BCUT2D eigenvalue weighted by Crippen LogP contribution is -2.59. The molecule has 2 saturated heterocycles. The molecule has 13 heteroatoms. The van der Waals surface area contributed by atoms with Crippen molar-refractivity contribution in [2.24, 2.45) is 5.92 Å². The van der Waals surface area contributed by atoms with Crippen molar-refractivity contribution in [1.82, 2.24) is 10.3 Å². The number of hydrogen-bond donors (Lipinski definition) is 2. The molecule has 1 aromatic heterocycles. The van der Waals surface area contributed by atoms with Gasteiger partial charge in [0.1, 0.15) is 18.2 Å². The van der Waals surface area contributed by atoms with E-state index in [1.54, 1.807) is 12.1 Å². The molecule has 2 aromatic rings. The zero-order chi connectivity index (χ0) is 30.7. The van der Waals surface area contributed by atoms with Crippen LogP contribution in [0, 0.1) is 5.92 Å². The van der Waals surface area contributed by atoms with E-state index in [-0.39, 0.29) is 24.5 Å². The highest BCUT2D eigenvalue weighted by atomic mass is 16.8. The van der Waals surface area contributed by atoms with Gasteiger partial charge in [0.25, 0.3) is 11.9 Å². The summed E-state index contributed by atoms with van der Waals surface area (Å²) in [6.45, 7) is 2.09. The number of carboxylic acids is 1.